The van der Waals surface area contributed by atoms with Crippen molar-refractivity contribution in [3.63, 3.8) is 0 Å². The Balaban J connectivity index is 0.000000321. The fraction of sp³-hybridized carbons (Fsp3) is 0.447. The number of hydrogen-bond donors (Lipinski definition) is 4. The number of imidazole rings is 1. The number of carboxylic acid groups (broad SMARTS) is 1. The van der Waals surface area contributed by atoms with E-state index in [9.17, 15) is 36.6 Å². The van der Waals surface area contributed by atoms with Gasteiger partial charge in [-0.1, -0.05) is 56.5 Å². The first-order valence-electron chi connectivity index (χ1n) is 17.0. The van der Waals surface area contributed by atoms with Crippen LogP contribution in [0.15, 0.2) is 60.7 Å². The van der Waals surface area contributed by atoms with E-state index in [2.05, 4.69) is 81.4 Å². The molecule has 1 amide bonds. The molecule has 1 saturated heterocycles. The van der Waals surface area contributed by atoms with Crippen molar-refractivity contribution < 1.29 is 36.6 Å². The molecule has 1 aliphatic carbocycles. The summed E-state index contributed by atoms with van der Waals surface area (Å²) in [5.74, 6) is -0.830. The molecule has 8 nitrogen and oxygen atoms in total. The Morgan fingerprint density at radius 2 is 1.60 bits per heavy atom. The van der Waals surface area contributed by atoms with E-state index in [4.69, 9.17) is 0 Å². The third-order valence-electron chi connectivity index (χ3n) is 9.70. The molecule has 0 radical (unpaired) electrons. The highest BCUT2D eigenvalue weighted by atomic mass is 32.1. The van der Waals surface area contributed by atoms with Gasteiger partial charge in [-0.05, 0) is 112 Å². The van der Waals surface area contributed by atoms with Gasteiger partial charge in [0.25, 0.3) is 0 Å². The quantitative estimate of drug-likeness (QED) is 0.0895. The number of fused-ring (bicyclic) bond motifs is 1. The fourth-order valence-electron chi connectivity index (χ4n) is 7.14. The number of carbonyl (C=O) groups is 2. The van der Waals surface area contributed by atoms with Gasteiger partial charge in [-0.2, -0.15) is 13.2 Å². The second kappa shape index (κ2) is 19.7. The number of nitrogens with zero attached hydrogens (tertiary/aromatic N) is 3. The summed E-state index contributed by atoms with van der Waals surface area (Å²) in [6.45, 7) is 6.49. The topological polar surface area (TPSA) is 99.5 Å². The first-order valence-corrected chi connectivity index (χ1v) is 17.5. The van der Waals surface area contributed by atoms with Gasteiger partial charge in [-0.15, -0.1) is 0 Å². The van der Waals surface area contributed by atoms with Gasteiger partial charge in [-0.25, -0.2) is 9.37 Å². The highest BCUT2D eigenvalue weighted by Crippen LogP contribution is 2.44. The number of nitrogens with one attached hydrogen (secondary N) is 2. The van der Waals surface area contributed by atoms with Crippen LogP contribution >= 0.6 is 12.8 Å². The number of alkyl halides is 4. The first kappa shape index (κ1) is 42.4. The van der Waals surface area contributed by atoms with Crippen molar-refractivity contribution in [2.24, 2.45) is 18.9 Å². The molecule has 2 heterocycles. The third kappa shape index (κ3) is 10.8. The second-order valence-electron chi connectivity index (χ2n) is 12.9. The van der Waals surface area contributed by atoms with Crippen molar-refractivity contribution in [2.75, 3.05) is 32.6 Å². The number of anilines is 1. The smallest absolute Gasteiger partial charge is 0.416 e. The molecule has 2 fully saturated rings. The number of aromatic nitrogens is 2. The maximum absolute atomic E-state index is 12.8. The van der Waals surface area contributed by atoms with E-state index in [1.54, 1.807) is 7.05 Å². The highest BCUT2D eigenvalue weighted by molar-refractivity contribution is 7.78. The summed E-state index contributed by atoms with van der Waals surface area (Å²) in [5, 5.41) is 12.0. The van der Waals surface area contributed by atoms with Crippen LogP contribution in [-0.2, 0) is 22.8 Å². The molecule has 14 heteroatoms. The number of halogens is 5. The predicted molar refractivity (Wildman–Crippen MR) is 199 cm³/mol. The number of piperidine rings is 1. The lowest BCUT2D eigenvalue weighted by Gasteiger charge is -2.44. The van der Waals surface area contributed by atoms with Crippen LogP contribution in [0.3, 0.4) is 0 Å². The molecule has 0 bridgehead atoms. The zero-order valence-corrected chi connectivity index (χ0v) is 30.9. The lowest BCUT2D eigenvalue weighted by Crippen LogP contribution is -2.47. The molecule has 3 N–H and O–H groups in total. The summed E-state index contributed by atoms with van der Waals surface area (Å²) in [6.07, 6.45) is 1.41. The molecule has 52 heavy (non-hydrogen) atoms. The Kier molecular flexibility index (Phi) is 16.1. The number of carboxylic acids is 1. The van der Waals surface area contributed by atoms with Gasteiger partial charge in [0.15, 0.2) is 0 Å². The van der Waals surface area contributed by atoms with E-state index in [-0.39, 0.29) is 29.9 Å². The average Bonchev–Trinajstić information content (AvgIpc) is 3.42. The minimum atomic E-state index is -4.58. The van der Waals surface area contributed by atoms with E-state index in [0.717, 1.165) is 65.5 Å². The Hall–Kier alpha value is -4.01. The van der Waals surface area contributed by atoms with Gasteiger partial charge in [0.1, 0.15) is 11.6 Å². The summed E-state index contributed by atoms with van der Waals surface area (Å²) in [4.78, 5) is 29.5. The Morgan fingerprint density at radius 1 is 0.981 bits per heavy atom. The highest BCUT2D eigenvalue weighted by Gasteiger charge is 2.42. The number of rotatable bonds is 6. The van der Waals surface area contributed by atoms with Crippen LogP contribution in [0, 0.1) is 24.6 Å². The summed E-state index contributed by atoms with van der Waals surface area (Å²) < 4.78 is 63.0. The van der Waals surface area contributed by atoms with Gasteiger partial charge < -0.3 is 19.9 Å². The molecule has 1 aromatic heterocycles. The Morgan fingerprint density at radius 3 is 2.15 bits per heavy atom. The Bertz CT molecular complexity index is 1750. The van der Waals surface area contributed by atoms with Crippen molar-refractivity contribution in [1.82, 2.24) is 19.2 Å². The van der Waals surface area contributed by atoms with Crippen molar-refractivity contribution in [3.05, 3.63) is 83.4 Å². The number of carbonyl (C=O) groups excluding carboxylic acids is 1. The zero-order valence-electron chi connectivity index (χ0n) is 30.1. The van der Waals surface area contributed by atoms with Crippen LogP contribution in [0.5, 0.6) is 0 Å². The number of aryl methyl sites for hydroxylation is 2. The zero-order chi connectivity index (χ0) is 38.6. The molecule has 2 unspecified atom stereocenters. The van der Waals surface area contributed by atoms with Crippen LogP contribution in [0.4, 0.5) is 27.6 Å². The van der Waals surface area contributed by atoms with Crippen LogP contribution < -0.4 is 10.0 Å². The summed E-state index contributed by atoms with van der Waals surface area (Å²) >= 11 is 3.54. The maximum atomic E-state index is 12.8. The molecular formula is C38H48F5N5O3S. The number of aliphatic carboxylic acids is 1. The van der Waals surface area contributed by atoms with Gasteiger partial charge in [0.2, 0.25) is 6.41 Å². The maximum Gasteiger partial charge on any atom is 0.416 e. The Labute approximate surface area is 307 Å². The minimum Gasteiger partial charge on any atom is -0.481 e. The molecule has 284 valence electrons. The molecule has 2 aliphatic rings. The van der Waals surface area contributed by atoms with Crippen LogP contribution in [0.2, 0.25) is 0 Å². The number of hydrogen-bond acceptors (Lipinski definition) is 6. The fourth-order valence-corrected chi connectivity index (χ4v) is 7.14. The van der Waals surface area contributed by atoms with Crippen LogP contribution in [0.1, 0.15) is 61.9 Å². The van der Waals surface area contributed by atoms with Crippen molar-refractivity contribution >= 4 is 41.9 Å². The van der Waals surface area contributed by atoms with Gasteiger partial charge in [0, 0.05) is 13.1 Å². The monoisotopic (exact) mass is 749 g/mol. The van der Waals surface area contributed by atoms with E-state index in [1.165, 1.54) is 19.3 Å². The van der Waals surface area contributed by atoms with Gasteiger partial charge in [0.05, 0.1) is 35.4 Å². The minimum absolute atomic E-state index is 0.0631. The lowest BCUT2D eigenvalue weighted by molar-refractivity contribution is -0.146. The number of amides is 1. The van der Waals surface area contributed by atoms with E-state index in [0.29, 0.717) is 25.4 Å². The summed E-state index contributed by atoms with van der Waals surface area (Å²) in [7, 11) is 4.28. The summed E-state index contributed by atoms with van der Waals surface area (Å²) in [5.41, 5.74) is 4.22. The number of benzene rings is 3. The van der Waals surface area contributed by atoms with Crippen molar-refractivity contribution in [1.29, 1.82) is 0 Å². The average molecular weight is 750 g/mol. The molecular weight excluding hydrogens is 702 g/mol. The SMILES string of the molecule is CF.CNS.Cc1nc2cc(-c3ccc([C@@H]4CC(N5CCCCC5)C[C@H](C)C4C(=O)O)cc3)ccc2n1C.O=CNc1ccc(C(F)(F)F)cc1F. The standard InChI is InChI=1S/C28H35N3O2.C8H5F4NO.CH3F.CH5NS/c1-18-15-23(31-13-5-4-6-14-31)17-24(27(18)28(32)33)21-9-7-20(8-10-21)22-11-12-26-25(16-22)29-19(2)30(26)3;9-6-3-5(8(10,11)12)1-2-7(6)13-4-14;1-2;1-2-3/h7-12,16,18,23-24,27H,4-6,13-15,17H2,1-3H3,(H,32,33);1-4H,(H,13,14);1H3;2-3H,1H3/t18-,23?,24-,27?;;;/m0.../s1. The van der Waals surface area contributed by atoms with Crippen molar-refractivity contribution in [3.8, 4) is 11.1 Å². The first-order chi connectivity index (χ1) is 24.8. The van der Waals surface area contributed by atoms with E-state index < -0.39 is 23.5 Å². The van der Waals surface area contributed by atoms with Crippen LogP contribution in [-0.4, -0.2) is 65.3 Å². The molecule has 3 aromatic carbocycles. The molecule has 0 spiro atoms. The number of likely N-dealkylation sites (tertiary alicyclic amines) is 1. The molecule has 4 atom stereocenters. The van der Waals surface area contributed by atoms with E-state index in [1.807, 2.05) is 19.3 Å². The normalized spacial score (nSPS) is 20.3. The van der Waals surface area contributed by atoms with E-state index >= 15 is 0 Å². The van der Waals surface area contributed by atoms with Gasteiger partial charge >= 0.3 is 12.1 Å². The van der Waals surface area contributed by atoms with Gasteiger partial charge in [-0.3, -0.25) is 18.7 Å². The van der Waals surface area contributed by atoms with Crippen LogP contribution in [0.25, 0.3) is 22.2 Å². The lowest BCUT2D eigenvalue weighted by atomic mass is 9.67. The van der Waals surface area contributed by atoms with Crippen molar-refractivity contribution in [2.45, 2.75) is 64.1 Å². The third-order valence-corrected chi connectivity index (χ3v) is 9.70. The molecule has 6 rings (SSSR count). The number of thiol groups is 1. The second-order valence-corrected chi connectivity index (χ2v) is 13.3. The molecule has 4 aromatic rings. The predicted octanol–water partition coefficient (Wildman–Crippen LogP) is 8.67. The molecule has 1 aliphatic heterocycles. The molecule has 1 saturated carbocycles. The largest absolute Gasteiger partial charge is 0.481 e. The summed E-state index contributed by atoms with van der Waals surface area (Å²) in [6, 6.07) is 17.4.